The first-order chi connectivity index (χ1) is 11.2. The fourth-order valence-corrected chi connectivity index (χ4v) is 2.49. The molecule has 0 bridgehead atoms. The van der Waals surface area contributed by atoms with Crippen LogP contribution in [-0.2, 0) is 9.57 Å². The van der Waals surface area contributed by atoms with Gasteiger partial charge in [-0.3, -0.25) is 4.90 Å². The minimum absolute atomic E-state index is 0.0207. The number of hydrogen-bond donors (Lipinski definition) is 1. The molecule has 0 aliphatic carbocycles. The third-order valence-electron chi connectivity index (χ3n) is 4.02. The van der Waals surface area contributed by atoms with E-state index in [9.17, 15) is 5.11 Å². The van der Waals surface area contributed by atoms with Gasteiger partial charge in [0.25, 0.3) is 0 Å². The van der Waals surface area contributed by atoms with E-state index in [0.717, 1.165) is 30.1 Å². The molecule has 0 spiro atoms. The van der Waals surface area contributed by atoms with Gasteiger partial charge in [-0.1, -0.05) is 35.5 Å². The third-order valence-corrected chi connectivity index (χ3v) is 4.02. The van der Waals surface area contributed by atoms with Gasteiger partial charge in [-0.2, -0.15) is 0 Å². The van der Waals surface area contributed by atoms with Crippen molar-refractivity contribution < 1.29 is 14.7 Å². The number of aliphatic hydroxyl groups is 1. The molecule has 5 heteroatoms. The number of ether oxygens (including phenoxy) is 1. The lowest BCUT2D eigenvalue weighted by atomic mass is 10.0. The standard InChI is InChI=1S/C18H26N2O3/c1-3-15(2)23-19-18(16-7-5-4-6-8-16)13-17(14-21)20-9-11-22-12-10-20/h3-8,17,21H,9-14H2,1-2H3/b15-3+,19-18?. The van der Waals surface area contributed by atoms with E-state index in [4.69, 9.17) is 9.57 Å². The topological polar surface area (TPSA) is 54.3 Å². The van der Waals surface area contributed by atoms with Crippen molar-refractivity contribution in [3.05, 3.63) is 47.7 Å². The zero-order valence-corrected chi connectivity index (χ0v) is 13.9. The summed E-state index contributed by atoms with van der Waals surface area (Å²) in [5, 5.41) is 14.1. The fourth-order valence-electron chi connectivity index (χ4n) is 2.49. The van der Waals surface area contributed by atoms with Crippen LogP contribution in [0.15, 0.2) is 47.3 Å². The first-order valence-electron chi connectivity index (χ1n) is 8.09. The largest absolute Gasteiger partial charge is 0.395 e. The Morgan fingerprint density at radius 1 is 1.35 bits per heavy atom. The SMILES string of the molecule is C/C=C(\C)ON=C(CC(CO)N1CCOCC1)c1ccccc1. The number of rotatable bonds is 7. The molecule has 0 saturated carbocycles. The Morgan fingerprint density at radius 2 is 2.04 bits per heavy atom. The van der Waals surface area contributed by atoms with Crippen molar-refractivity contribution >= 4 is 5.71 Å². The Kier molecular flexibility index (Phi) is 7.26. The van der Waals surface area contributed by atoms with Gasteiger partial charge in [0.2, 0.25) is 0 Å². The zero-order valence-electron chi connectivity index (χ0n) is 13.9. The highest BCUT2D eigenvalue weighted by atomic mass is 16.6. The van der Waals surface area contributed by atoms with Gasteiger partial charge in [0, 0.05) is 25.6 Å². The second-order valence-electron chi connectivity index (χ2n) is 5.58. The minimum Gasteiger partial charge on any atom is -0.395 e. The van der Waals surface area contributed by atoms with Crippen LogP contribution in [0.25, 0.3) is 0 Å². The third kappa shape index (κ3) is 5.46. The van der Waals surface area contributed by atoms with Gasteiger partial charge >= 0.3 is 0 Å². The second kappa shape index (κ2) is 9.45. The highest BCUT2D eigenvalue weighted by molar-refractivity contribution is 6.00. The summed E-state index contributed by atoms with van der Waals surface area (Å²) in [5.41, 5.74) is 1.86. The Hall–Kier alpha value is -1.69. The Bertz CT molecular complexity index is 522. The van der Waals surface area contributed by atoms with Crippen LogP contribution in [0.2, 0.25) is 0 Å². The molecule has 2 rings (SSSR count). The normalized spacial score (nSPS) is 18.7. The summed E-state index contributed by atoms with van der Waals surface area (Å²) < 4.78 is 5.39. The average molecular weight is 318 g/mol. The van der Waals surface area contributed by atoms with Gasteiger partial charge in [0.1, 0.15) is 5.76 Å². The van der Waals surface area contributed by atoms with E-state index in [2.05, 4.69) is 10.1 Å². The fraction of sp³-hybridized carbons (Fsp3) is 0.500. The molecule has 1 fully saturated rings. The summed E-state index contributed by atoms with van der Waals surface area (Å²) in [4.78, 5) is 7.72. The summed E-state index contributed by atoms with van der Waals surface area (Å²) in [7, 11) is 0. The predicted molar refractivity (Wildman–Crippen MR) is 91.4 cm³/mol. The van der Waals surface area contributed by atoms with Crippen LogP contribution in [0.3, 0.4) is 0 Å². The molecule has 1 atom stereocenters. The van der Waals surface area contributed by atoms with Crippen molar-refractivity contribution in [1.82, 2.24) is 4.90 Å². The molecule has 126 valence electrons. The van der Waals surface area contributed by atoms with Crippen molar-refractivity contribution in [3.8, 4) is 0 Å². The average Bonchev–Trinajstić information content (AvgIpc) is 2.63. The second-order valence-corrected chi connectivity index (χ2v) is 5.58. The number of nitrogens with zero attached hydrogens (tertiary/aromatic N) is 2. The highest BCUT2D eigenvalue weighted by Gasteiger charge is 2.23. The van der Waals surface area contributed by atoms with E-state index in [1.54, 1.807) is 0 Å². The summed E-state index contributed by atoms with van der Waals surface area (Å²) in [5.74, 6) is 0.755. The smallest absolute Gasteiger partial charge is 0.127 e. The van der Waals surface area contributed by atoms with E-state index >= 15 is 0 Å². The quantitative estimate of drug-likeness (QED) is 0.476. The maximum absolute atomic E-state index is 9.81. The van der Waals surface area contributed by atoms with Crippen LogP contribution in [0.1, 0.15) is 25.8 Å². The highest BCUT2D eigenvalue weighted by Crippen LogP contribution is 2.14. The van der Waals surface area contributed by atoms with Gasteiger partial charge < -0.3 is 14.7 Å². The Balaban J connectivity index is 2.15. The molecule has 1 aromatic rings. The maximum atomic E-state index is 9.81. The lowest BCUT2D eigenvalue weighted by molar-refractivity contribution is 0.00497. The van der Waals surface area contributed by atoms with Gasteiger partial charge in [-0.15, -0.1) is 0 Å². The minimum atomic E-state index is 0.0207. The molecule has 5 nitrogen and oxygen atoms in total. The summed E-state index contributed by atoms with van der Waals surface area (Å²) in [6.07, 6.45) is 2.51. The summed E-state index contributed by atoms with van der Waals surface area (Å²) >= 11 is 0. The molecule has 0 amide bonds. The number of oxime groups is 1. The molecule has 23 heavy (non-hydrogen) atoms. The van der Waals surface area contributed by atoms with Crippen LogP contribution >= 0.6 is 0 Å². The van der Waals surface area contributed by atoms with Crippen LogP contribution in [-0.4, -0.2) is 54.7 Å². The number of allylic oxidation sites excluding steroid dienone is 2. The predicted octanol–water partition coefficient (Wildman–Crippen LogP) is 2.41. The van der Waals surface area contributed by atoms with Crippen molar-refractivity contribution in [2.45, 2.75) is 26.3 Å². The lowest BCUT2D eigenvalue weighted by Crippen LogP contribution is -2.46. The number of benzene rings is 1. The van der Waals surface area contributed by atoms with E-state index in [0.29, 0.717) is 19.6 Å². The van der Waals surface area contributed by atoms with E-state index in [1.165, 1.54) is 0 Å². The van der Waals surface area contributed by atoms with Gasteiger partial charge in [-0.05, 0) is 25.5 Å². The summed E-state index contributed by atoms with van der Waals surface area (Å²) in [6.45, 7) is 6.97. The molecule has 1 aliphatic heterocycles. The lowest BCUT2D eigenvalue weighted by Gasteiger charge is -2.33. The first-order valence-corrected chi connectivity index (χ1v) is 8.09. The van der Waals surface area contributed by atoms with E-state index < -0.39 is 0 Å². The number of hydrogen-bond acceptors (Lipinski definition) is 5. The maximum Gasteiger partial charge on any atom is 0.127 e. The van der Waals surface area contributed by atoms with Crippen molar-refractivity contribution in [3.63, 3.8) is 0 Å². The van der Waals surface area contributed by atoms with Crippen LogP contribution in [0, 0.1) is 0 Å². The molecule has 1 aromatic carbocycles. The Morgan fingerprint density at radius 3 is 2.65 bits per heavy atom. The van der Waals surface area contributed by atoms with Crippen molar-refractivity contribution in [2.75, 3.05) is 32.9 Å². The molecular formula is C18H26N2O3. The molecular weight excluding hydrogens is 292 g/mol. The molecule has 0 radical (unpaired) electrons. The molecule has 1 aliphatic rings. The van der Waals surface area contributed by atoms with Gasteiger partial charge in [-0.25, -0.2) is 0 Å². The molecule has 1 unspecified atom stereocenters. The number of morpholine rings is 1. The van der Waals surface area contributed by atoms with E-state index in [1.807, 2.05) is 50.3 Å². The zero-order chi connectivity index (χ0) is 16.5. The van der Waals surface area contributed by atoms with Crippen LogP contribution in [0.4, 0.5) is 0 Å². The van der Waals surface area contributed by atoms with Crippen LogP contribution < -0.4 is 0 Å². The molecule has 1 heterocycles. The summed E-state index contributed by atoms with van der Waals surface area (Å²) in [6, 6.07) is 9.99. The van der Waals surface area contributed by atoms with Gasteiger partial charge in [0.15, 0.2) is 0 Å². The van der Waals surface area contributed by atoms with Crippen LogP contribution in [0.5, 0.6) is 0 Å². The number of aliphatic hydroxyl groups excluding tert-OH is 1. The van der Waals surface area contributed by atoms with Crippen molar-refractivity contribution in [1.29, 1.82) is 0 Å². The monoisotopic (exact) mass is 318 g/mol. The van der Waals surface area contributed by atoms with Gasteiger partial charge in [0.05, 0.1) is 25.5 Å². The van der Waals surface area contributed by atoms with Crippen molar-refractivity contribution in [2.24, 2.45) is 5.16 Å². The van der Waals surface area contributed by atoms with E-state index in [-0.39, 0.29) is 12.6 Å². The molecule has 1 N–H and O–H groups in total. The first kappa shape index (κ1) is 17.7. The molecule has 0 aromatic heterocycles. The Labute approximate surface area is 138 Å². The molecule has 1 saturated heterocycles.